The third kappa shape index (κ3) is 3.12. The van der Waals surface area contributed by atoms with E-state index < -0.39 is 5.60 Å². The highest BCUT2D eigenvalue weighted by molar-refractivity contribution is 9.11. The van der Waals surface area contributed by atoms with Crippen molar-refractivity contribution >= 4 is 33.2 Å². The molecule has 0 aromatic carbocycles. The summed E-state index contributed by atoms with van der Waals surface area (Å²) in [5.41, 5.74) is 0.260. The first-order valence-electron chi connectivity index (χ1n) is 5.73. The number of carbonyl (C=O) groups is 1. The quantitative estimate of drug-likeness (QED) is 0.901. The summed E-state index contributed by atoms with van der Waals surface area (Å²) < 4.78 is 6.64. The van der Waals surface area contributed by atoms with Gasteiger partial charge in [-0.15, -0.1) is 11.3 Å². The van der Waals surface area contributed by atoms with Crippen molar-refractivity contribution in [3.63, 3.8) is 0 Å². The van der Waals surface area contributed by atoms with Gasteiger partial charge >= 0.3 is 0 Å². The van der Waals surface area contributed by atoms with Crippen LogP contribution in [0.4, 0.5) is 0 Å². The maximum atomic E-state index is 12.3. The van der Waals surface area contributed by atoms with E-state index >= 15 is 0 Å². The Morgan fingerprint density at radius 3 is 3.00 bits per heavy atom. The number of halogens is 1. The lowest BCUT2D eigenvalue weighted by atomic mass is 10.0. The lowest BCUT2D eigenvalue weighted by Gasteiger charge is -2.42. The van der Waals surface area contributed by atoms with E-state index in [4.69, 9.17) is 4.74 Å². The van der Waals surface area contributed by atoms with Crippen molar-refractivity contribution in [2.24, 2.45) is 0 Å². The molecule has 1 N–H and O–H groups in total. The molecule has 1 amide bonds. The van der Waals surface area contributed by atoms with Gasteiger partial charge in [-0.25, -0.2) is 0 Å². The SMILES string of the molecule is CC1(C)CN(C(=O)c2csc(Br)c2)CC(CO)O1. The van der Waals surface area contributed by atoms with Crippen LogP contribution in [0.15, 0.2) is 15.2 Å². The van der Waals surface area contributed by atoms with Crippen LogP contribution >= 0.6 is 27.3 Å². The number of carbonyl (C=O) groups excluding carboxylic acids is 1. The van der Waals surface area contributed by atoms with Crippen LogP contribution < -0.4 is 0 Å². The molecule has 1 aliphatic rings. The van der Waals surface area contributed by atoms with Crippen LogP contribution in [0.25, 0.3) is 0 Å². The fourth-order valence-electron chi connectivity index (χ4n) is 2.15. The fourth-order valence-corrected chi connectivity index (χ4v) is 3.28. The molecule has 2 heterocycles. The molecule has 1 atom stereocenters. The van der Waals surface area contributed by atoms with E-state index in [1.807, 2.05) is 25.3 Å². The molecule has 1 unspecified atom stereocenters. The zero-order valence-electron chi connectivity index (χ0n) is 10.4. The third-order valence-electron chi connectivity index (χ3n) is 2.79. The monoisotopic (exact) mass is 333 g/mol. The van der Waals surface area contributed by atoms with Gasteiger partial charge < -0.3 is 14.7 Å². The van der Waals surface area contributed by atoms with Gasteiger partial charge in [0.2, 0.25) is 0 Å². The van der Waals surface area contributed by atoms with Gasteiger partial charge in [-0.3, -0.25) is 4.79 Å². The first kappa shape index (κ1) is 14.0. The lowest BCUT2D eigenvalue weighted by Crippen LogP contribution is -2.55. The molecular formula is C12H16BrNO3S. The summed E-state index contributed by atoms with van der Waals surface area (Å²) in [7, 11) is 0. The van der Waals surface area contributed by atoms with Crippen LogP contribution in [0.1, 0.15) is 24.2 Å². The van der Waals surface area contributed by atoms with Crippen molar-refractivity contribution in [1.29, 1.82) is 0 Å². The standard InChI is InChI=1S/C12H16BrNO3S/c1-12(2)7-14(4-9(5-15)17-12)11(16)8-3-10(13)18-6-8/h3,6,9,15H,4-5,7H2,1-2H3. The van der Waals surface area contributed by atoms with Crippen LogP contribution in [-0.4, -0.2) is 47.3 Å². The molecule has 18 heavy (non-hydrogen) atoms. The summed E-state index contributed by atoms with van der Waals surface area (Å²) >= 11 is 4.85. The van der Waals surface area contributed by atoms with E-state index in [-0.39, 0.29) is 18.6 Å². The van der Waals surface area contributed by atoms with Gasteiger partial charge in [-0.05, 0) is 35.8 Å². The molecule has 1 aliphatic heterocycles. The first-order valence-corrected chi connectivity index (χ1v) is 7.40. The molecule has 0 radical (unpaired) electrons. The molecule has 0 spiro atoms. The van der Waals surface area contributed by atoms with E-state index in [1.165, 1.54) is 11.3 Å². The number of hydrogen-bond donors (Lipinski definition) is 1. The van der Waals surface area contributed by atoms with Gasteiger partial charge in [-0.1, -0.05) is 0 Å². The van der Waals surface area contributed by atoms with Crippen molar-refractivity contribution < 1.29 is 14.6 Å². The van der Waals surface area contributed by atoms with Gasteiger partial charge in [0.15, 0.2) is 0 Å². The largest absolute Gasteiger partial charge is 0.394 e. The smallest absolute Gasteiger partial charge is 0.254 e. The maximum absolute atomic E-state index is 12.3. The highest BCUT2D eigenvalue weighted by atomic mass is 79.9. The van der Waals surface area contributed by atoms with E-state index in [2.05, 4.69) is 15.9 Å². The van der Waals surface area contributed by atoms with Crippen molar-refractivity contribution in [3.8, 4) is 0 Å². The summed E-state index contributed by atoms with van der Waals surface area (Å²) in [6.45, 7) is 4.76. The normalized spacial score (nSPS) is 23.1. The number of aliphatic hydroxyl groups is 1. The molecule has 100 valence electrons. The lowest BCUT2D eigenvalue weighted by molar-refractivity contribution is -0.139. The van der Waals surface area contributed by atoms with Crippen LogP contribution in [0.3, 0.4) is 0 Å². The number of thiophene rings is 1. The minimum absolute atomic E-state index is 0.00762. The maximum Gasteiger partial charge on any atom is 0.254 e. The molecular weight excluding hydrogens is 318 g/mol. The van der Waals surface area contributed by atoms with Crippen LogP contribution in [0.5, 0.6) is 0 Å². The third-order valence-corrected chi connectivity index (χ3v) is 4.29. The number of nitrogens with zero attached hydrogens (tertiary/aromatic N) is 1. The second-order valence-electron chi connectivity index (χ2n) is 5.01. The molecule has 0 bridgehead atoms. The Morgan fingerprint density at radius 2 is 2.44 bits per heavy atom. The summed E-state index contributed by atoms with van der Waals surface area (Å²) in [5, 5.41) is 11.1. The summed E-state index contributed by atoms with van der Waals surface area (Å²) in [6, 6.07) is 1.82. The average Bonchev–Trinajstić information content (AvgIpc) is 2.72. The number of morpholine rings is 1. The van der Waals surface area contributed by atoms with Crippen molar-refractivity contribution in [2.45, 2.75) is 25.6 Å². The van der Waals surface area contributed by atoms with E-state index in [1.54, 1.807) is 4.90 Å². The van der Waals surface area contributed by atoms with Gasteiger partial charge in [0.25, 0.3) is 5.91 Å². The van der Waals surface area contributed by atoms with E-state index in [0.29, 0.717) is 18.7 Å². The first-order chi connectivity index (χ1) is 8.41. The summed E-state index contributed by atoms with van der Waals surface area (Å²) in [5.74, 6) is -0.00762. The van der Waals surface area contributed by atoms with Crippen molar-refractivity contribution in [3.05, 3.63) is 20.8 Å². The molecule has 1 saturated heterocycles. The Kier molecular flexibility index (Phi) is 4.11. The minimum atomic E-state index is -0.422. The van der Waals surface area contributed by atoms with Gasteiger partial charge in [0.1, 0.15) is 0 Å². The Labute approximate surface area is 119 Å². The molecule has 1 aromatic heterocycles. The molecule has 0 saturated carbocycles. The van der Waals surface area contributed by atoms with Crippen molar-refractivity contribution in [2.75, 3.05) is 19.7 Å². The summed E-state index contributed by atoms with van der Waals surface area (Å²) in [4.78, 5) is 14.1. The van der Waals surface area contributed by atoms with Gasteiger partial charge in [0.05, 0.1) is 27.7 Å². The topological polar surface area (TPSA) is 49.8 Å². The van der Waals surface area contributed by atoms with Crippen LogP contribution in [0, 0.1) is 0 Å². The minimum Gasteiger partial charge on any atom is -0.394 e. The van der Waals surface area contributed by atoms with Gasteiger partial charge in [0, 0.05) is 18.5 Å². The number of aliphatic hydroxyl groups excluding tert-OH is 1. The highest BCUT2D eigenvalue weighted by Crippen LogP contribution is 2.25. The zero-order valence-corrected chi connectivity index (χ0v) is 12.8. The number of rotatable bonds is 2. The van der Waals surface area contributed by atoms with Gasteiger partial charge in [-0.2, -0.15) is 0 Å². The zero-order chi connectivity index (χ0) is 13.3. The predicted octanol–water partition coefficient (Wildman–Crippen LogP) is 2.12. The molecule has 1 aromatic rings. The summed E-state index contributed by atoms with van der Waals surface area (Å²) in [6.07, 6.45) is -0.306. The predicted molar refractivity (Wildman–Crippen MR) is 74.0 cm³/mol. The fraction of sp³-hybridized carbons (Fsp3) is 0.583. The van der Waals surface area contributed by atoms with Crippen LogP contribution in [-0.2, 0) is 4.74 Å². The average molecular weight is 334 g/mol. The number of amides is 1. The molecule has 4 nitrogen and oxygen atoms in total. The van der Waals surface area contributed by atoms with E-state index in [9.17, 15) is 9.90 Å². The molecule has 0 aliphatic carbocycles. The Hall–Kier alpha value is -0.430. The second kappa shape index (κ2) is 5.28. The Morgan fingerprint density at radius 1 is 1.72 bits per heavy atom. The molecule has 2 rings (SSSR count). The van der Waals surface area contributed by atoms with Crippen LogP contribution in [0.2, 0.25) is 0 Å². The number of ether oxygens (including phenoxy) is 1. The Bertz CT molecular complexity index is 446. The van der Waals surface area contributed by atoms with E-state index in [0.717, 1.165) is 3.79 Å². The Balaban J connectivity index is 2.14. The van der Waals surface area contributed by atoms with Crippen molar-refractivity contribution in [1.82, 2.24) is 4.90 Å². The second-order valence-corrected chi connectivity index (χ2v) is 7.30. The molecule has 6 heteroatoms. The number of hydrogen-bond acceptors (Lipinski definition) is 4. The molecule has 1 fully saturated rings. The highest BCUT2D eigenvalue weighted by Gasteiger charge is 2.35.